The molecule has 2 aromatic rings. The number of ether oxygens (including phenoxy) is 1. The quantitative estimate of drug-likeness (QED) is 0.798. The van der Waals surface area contributed by atoms with Crippen molar-refractivity contribution in [2.45, 2.75) is 25.7 Å². The van der Waals surface area contributed by atoms with E-state index >= 15 is 0 Å². The van der Waals surface area contributed by atoms with Gasteiger partial charge in [0.15, 0.2) is 5.82 Å². The van der Waals surface area contributed by atoms with E-state index in [-0.39, 0.29) is 5.97 Å². The van der Waals surface area contributed by atoms with Gasteiger partial charge in [0.2, 0.25) is 0 Å². The third kappa shape index (κ3) is 2.52. The molecular weight excluding hydrogens is 254 g/mol. The maximum atomic E-state index is 11.9. The van der Waals surface area contributed by atoms with Crippen LogP contribution in [0.5, 0.6) is 0 Å². The first-order valence-corrected chi connectivity index (χ1v) is 6.75. The van der Waals surface area contributed by atoms with Gasteiger partial charge in [-0.1, -0.05) is 6.07 Å². The predicted molar refractivity (Wildman–Crippen MR) is 73.2 cm³/mol. The Morgan fingerprint density at radius 1 is 1.35 bits per heavy atom. The van der Waals surface area contributed by atoms with Crippen molar-refractivity contribution < 1.29 is 9.53 Å². The van der Waals surface area contributed by atoms with Crippen molar-refractivity contribution >= 4 is 5.97 Å². The third-order valence-electron chi connectivity index (χ3n) is 3.17. The lowest BCUT2D eigenvalue weighted by Gasteiger charge is -2.08. The summed E-state index contributed by atoms with van der Waals surface area (Å²) in [5.41, 5.74) is 1.98. The maximum Gasteiger partial charge on any atom is 0.341 e. The van der Waals surface area contributed by atoms with Crippen molar-refractivity contribution in [3.8, 4) is 11.5 Å². The zero-order valence-corrected chi connectivity index (χ0v) is 11.2. The number of aromatic nitrogens is 3. The largest absolute Gasteiger partial charge is 0.462 e. The van der Waals surface area contributed by atoms with Gasteiger partial charge in [-0.15, -0.1) is 0 Å². The van der Waals surface area contributed by atoms with Gasteiger partial charge in [-0.05, 0) is 31.9 Å². The molecule has 102 valence electrons. The number of hydrogen-bond acceptors (Lipinski definition) is 5. The summed E-state index contributed by atoms with van der Waals surface area (Å²) >= 11 is 0. The summed E-state index contributed by atoms with van der Waals surface area (Å²) in [5.74, 6) is 0.558. The number of rotatable bonds is 4. The van der Waals surface area contributed by atoms with E-state index in [2.05, 4.69) is 15.0 Å². The molecule has 0 unspecified atom stereocenters. The predicted octanol–water partition coefficient (Wildman–Crippen LogP) is 2.59. The average Bonchev–Trinajstić information content (AvgIpc) is 3.32. The minimum Gasteiger partial charge on any atom is -0.462 e. The Morgan fingerprint density at radius 2 is 2.20 bits per heavy atom. The molecule has 0 aliphatic heterocycles. The van der Waals surface area contributed by atoms with Crippen LogP contribution in [0.3, 0.4) is 0 Å². The normalized spacial score (nSPS) is 14.1. The molecule has 0 aromatic carbocycles. The number of nitrogens with zero attached hydrogens (tertiary/aromatic N) is 3. The summed E-state index contributed by atoms with van der Waals surface area (Å²) < 4.78 is 5.06. The van der Waals surface area contributed by atoms with Crippen LogP contribution in [0.2, 0.25) is 0 Å². The summed E-state index contributed by atoms with van der Waals surface area (Å²) in [6.07, 6.45) is 5.38. The van der Waals surface area contributed by atoms with Gasteiger partial charge in [-0.25, -0.2) is 14.8 Å². The molecule has 2 aromatic heterocycles. The number of pyridine rings is 1. The van der Waals surface area contributed by atoms with Crippen LogP contribution in [-0.4, -0.2) is 27.5 Å². The SMILES string of the molecule is CCOC(=O)c1cnc(-c2ccccn2)nc1C1CC1. The number of carbonyl (C=O) groups excluding carboxylic acids is 1. The Morgan fingerprint density at radius 3 is 2.85 bits per heavy atom. The summed E-state index contributed by atoms with van der Waals surface area (Å²) in [6.45, 7) is 2.14. The van der Waals surface area contributed by atoms with Crippen molar-refractivity contribution in [2.24, 2.45) is 0 Å². The van der Waals surface area contributed by atoms with E-state index < -0.39 is 0 Å². The molecule has 0 bridgehead atoms. The lowest BCUT2D eigenvalue weighted by atomic mass is 10.1. The van der Waals surface area contributed by atoms with Crippen molar-refractivity contribution in [1.29, 1.82) is 0 Å². The van der Waals surface area contributed by atoms with Gasteiger partial charge >= 0.3 is 5.97 Å². The molecule has 1 aliphatic carbocycles. The summed E-state index contributed by atoms with van der Waals surface area (Å²) in [7, 11) is 0. The Balaban J connectivity index is 2.00. The standard InChI is InChI=1S/C15H15N3O2/c1-2-20-15(19)11-9-17-14(12-5-3-4-8-16-12)18-13(11)10-6-7-10/h3-5,8-10H,2,6-7H2,1H3. The van der Waals surface area contributed by atoms with E-state index in [9.17, 15) is 4.79 Å². The fraction of sp³-hybridized carbons (Fsp3) is 0.333. The minimum atomic E-state index is -0.345. The zero-order valence-electron chi connectivity index (χ0n) is 11.2. The highest BCUT2D eigenvalue weighted by Crippen LogP contribution is 2.41. The molecule has 0 N–H and O–H groups in total. The van der Waals surface area contributed by atoms with Crippen LogP contribution in [-0.2, 0) is 4.74 Å². The first kappa shape index (κ1) is 12.7. The first-order valence-electron chi connectivity index (χ1n) is 6.75. The van der Waals surface area contributed by atoms with Gasteiger partial charge in [0.05, 0.1) is 17.9 Å². The summed E-state index contributed by atoms with van der Waals surface area (Å²) in [4.78, 5) is 24.9. The van der Waals surface area contributed by atoms with E-state index in [0.29, 0.717) is 29.6 Å². The van der Waals surface area contributed by atoms with Crippen LogP contribution >= 0.6 is 0 Å². The zero-order chi connectivity index (χ0) is 13.9. The lowest BCUT2D eigenvalue weighted by Crippen LogP contribution is -2.11. The van der Waals surface area contributed by atoms with Crippen molar-refractivity contribution in [3.05, 3.63) is 41.9 Å². The minimum absolute atomic E-state index is 0.345. The summed E-state index contributed by atoms with van der Waals surface area (Å²) in [5, 5.41) is 0. The van der Waals surface area contributed by atoms with Crippen LogP contribution < -0.4 is 0 Å². The first-order chi connectivity index (χ1) is 9.79. The molecule has 1 fully saturated rings. The van der Waals surface area contributed by atoms with Crippen LogP contribution in [0.25, 0.3) is 11.5 Å². The molecule has 2 heterocycles. The fourth-order valence-corrected chi connectivity index (χ4v) is 2.05. The van der Waals surface area contributed by atoms with Crippen LogP contribution in [0.15, 0.2) is 30.6 Å². The monoisotopic (exact) mass is 269 g/mol. The van der Waals surface area contributed by atoms with Crippen molar-refractivity contribution in [1.82, 2.24) is 15.0 Å². The van der Waals surface area contributed by atoms with E-state index in [1.54, 1.807) is 19.3 Å². The smallest absolute Gasteiger partial charge is 0.341 e. The molecule has 0 atom stereocenters. The number of carbonyl (C=O) groups is 1. The molecule has 0 radical (unpaired) electrons. The third-order valence-corrected chi connectivity index (χ3v) is 3.17. The lowest BCUT2D eigenvalue weighted by molar-refractivity contribution is 0.0524. The van der Waals surface area contributed by atoms with Crippen LogP contribution in [0.4, 0.5) is 0 Å². The van der Waals surface area contributed by atoms with E-state index in [1.807, 2.05) is 18.2 Å². The van der Waals surface area contributed by atoms with Gasteiger partial charge in [0.25, 0.3) is 0 Å². The molecule has 5 nitrogen and oxygen atoms in total. The molecule has 5 heteroatoms. The second-order valence-electron chi connectivity index (χ2n) is 4.70. The van der Waals surface area contributed by atoms with Gasteiger partial charge < -0.3 is 4.74 Å². The van der Waals surface area contributed by atoms with E-state index in [1.165, 1.54) is 0 Å². The molecule has 0 saturated heterocycles. The van der Waals surface area contributed by atoms with Gasteiger partial charge in [0.1, 0.15) is 5.69 Å². The highest BCUT2D eigenvalue weighted by molar-refractivity contribution is 5.90. The van der Waals surface area contributed by atoms with E-state index in [0.717, 1.165) is 18.5 Å². The highest BCUT2D eigenvalue weighted by atomic mass is 16.5. The Hall–Kier alpha value is -2.30. The second kappa shape index (κ2) is 5.36. The van der Waals surface area contributed by atoms with Crippen molar-refractivity contribution in [3.63, 3.8) is 0 Å². The van der Waals surface area contributed by atoms with Gasteiger partial charge in [-0.2, -0.15) is 0 Å². The van der Waals surface area contributed by atoms with Crippen LogP contribution in [0.1, 0.15) is 41.7 Å². The molecule has 1 aliphatic rings. The molecule has 1 saturated carbocycles. The molecule has 0 spiro atoms. The molecule has 3 rings (SSSR count). The topological polar surface area (TPSA) is 65.0 Å². The molecular formula is C15H15N3O2. The van der Waals surface area contributed by atoms with Crippen LogP contribution in [0, 0.1) is 0 Å². The number of esters is 1. The fourth-order valence-electron chi connectivity index (χ4n) is 2.05. The molecule has 20 heavy (non-hydrogen) atoms. The van der Waals surface area contributed by atoms with Crippen molar-refractivity contribution in [2.75, 3.05) is 6.61 Å². The van der Waals surface area contributed by atoms with Gasteiger partial charge in [0, 0.05) is 18.3 Å². The Labute approximate surface area is 117 Å². The highest BCUT2D eigenvalue weighted by Gasteiger charge is 2.31. The average molecular weight is 269 g/mol. The maximum absolute atomic E-state index is 11.9. The Kier molecular flexibility index (Phi) is 3.41. The van der Waals surface area contributed by atoms with E-state index in [4.69, 9.17) is 4.74 Å². The second-order valence-corrected chi connectivity index (χ2v) is 4.70. The Bertz CT molecular complexity index is 624. The number of hydrogen-bond donors (Lipinski definition) is 0. The van der Waals surface area contributed by atoms with Gasteiger partial charge in [-0.3, -0.25) is 4.98 Å². The molecule has 0 amide bonds. The summed E-state index contributed by atoms with van der Waals surface area (Å²) in [6, 6.07) is 5.59.